The number of rotatable bonds is 3. The van der Waals surface area contributed by atoms with Gasteiger partial charge in [-0.1, -0.05) is 18.2 Å². The molecule has 0 bridgehead atoms. The first-order valence-electron chi connectivity index (χ1n) is 9.36. The lowest BCUT2D eigenvalue weighted by molar-refractivity contribution is 0.292. The van der Waals surface area contributed by atoms with Gasteiger partial charge in [0.15, 0.2) is 0 Å². The lowest BCUT2D eigenvalue weighted by Crippen LogP contribution is -2.31. The molecular formula is C23H21N3OS. The average Bonchev–Trinajstić information content (AvgIpc) is 3.21. The van der Waals surface area contributed by atoms with Gasteiger partial charge in [-0.3, -0.25) is 0 Å². The minimum absolute atomic E-state index is 0.285. The Morgan fingerprint density at radius 2 is 2.00 bits per heavy atom. The van der Waals surface area contributed by atoms with Crippen molar-refractivity contribution in [2.24, 2.45) is 0 Å². The molecule has 5 heteroatoms. The van der Waals surface area contributed by atoms with Crippen LogP contribution in [0.2, 0.25) is 0 Å². The Morgan fingerprint density at radius 1 is 1.11 bits per heavy atom. The lowest BCUT2D eigenvalue weighted by atomic mass is 9.83. The molecule has 0 N–H and O–H groups in total. The molecule has 0 fully saturated rings. The second-order valence-electron chi connectivity index (χ2n) is 7.28. The second kappa shape index (κ2) is 7.00. The predicted molar refractivity (Wildman–Crippen MR) is 114 cm³/mol. The number of methoxy groups -OCH3 is 1. The molecular weight excluding hydrogens is 366 g/mol. The van der Waals surface area contributed by atoms with E-state index in [0.717, 1.165) is 30.1 Å². The molecule has 0 spiro atoms. The predicted octanol–water partition coefficient (Wildman–Crippen LogP) is 4.94. The first-order chi connectivity index (χ1) is 13.7. The zero-order chi connectivity index (χ0) is 19.1. The fourth-order valence-electron chi connectivity index (χ4n) is 4.27. The summed E-state index contributed by atoms with van der Waals surface area (Å²) in [6.45, 7) is 1.92. The van der Waals surface area contributed by atoms with Crippen molar-refractivity contribution in [2.45, 2.75) is 12.5 Å². The first-order valence-corrected chi connectivity index (χ1v) is 10.2. The SMILES string of the molecule is COc1c(C2CN(C)Cc3cc(-c4ccncn4)ccc32)ccc2sccc12. The van der Waals surface area contributed by atoms with E-state index in [0.29, 0.717) is 0 Å². The van der Waals surface area contributed by atoms with Crippen LogP contribution in [0.3, 0.4) is 0 Å². The Labute approximate surface area is 168 Å². The fourth-order valence-corrected chi connectivity index (χ4v) is 5.06. The third kappa shape index (κ3) is 2.87. The molecule has 0 aliphatic carbocycles. The number of nitrogens with zero attached hydrogens (tertiary/aromatic N) is 3. The van der Waals surface area contributed by atoms with Gasteiger partial charge in [0.2, 0.25) is 0 Å². The van der Waals surface area contributed by atoms with Gasteiger partial charge in [-0.2, -0.15) is 0 Å². The molecule has 0 radical (unpaired) electrons. The van der Waals surface area contributed by atoms with Crippen LogP contribution in [0.5, 0.6) is 5.75 Å². The zero-order valence-electron chi connectivity index (χ0n) is 15.9. The largest absolute Gasteiger partial charge is 0.496 e. The van der Waals surface area contributed by atoms with Crippen LogP contribution in [0.15, 0.2) is 60.4 Å². The Hall–Kier alpha value is -2.76. The smallest absolute Gasteiger partial charge is 0.131 e. The van der Waals surface area contributed by atoms with Crippen molar-refractivity contribution in [3.63, 3.8) is 0 Å². The summed E-state index contributed by atoms with van der Waals surface area (Å²) in [6, 6.07) is 15.3. The molecule has 1 atom stereocenters. The maximum Gasteiger partial charge on any atom is 0.131 e. The molecule has 0 saturated carbocycles. The highest BCUT2D eigenvalue weighted by atomic mass is 32.1. The summed E-state index contributed by atoms with van der Waals surface area (Å²) >= 11 is 1.76. The number of hydrogen-bond donors (Lipinski definition) is 0. The van der Waals surface area contributed by atoms with Crippen LogP contribution in [0, 0.1) is 0 Å². The summed E-state index contributed by atoms with van der Waals surface area (Å²) < 4.78 is 7.15. The van der Waals surface area contributed by atoms with Crippen LogP contribution in [-0.2, 0) is 6.54 Å². The maximum atomic E-state index is 5.88. The molecule has 4 nitrogen and oxygen atoms in total. The molecule has 28 heavy (non-hydrogen) atoms. The first kappa shape index (κ1) is 17.3. The molecule has 1 aliphatic rings. The van der Waals surface area contributed by atoms with Crippen LogP contribution >= 0.6 is 11.3 Å². The van der Waals surface area contributed by atoms with E-state index < -0.39 is 0 Å². The van der Waals surface area contributed by atoms with Gasteiger partial charge in [-0.25, -0.2) is 9.97 Å². The topological polar surface area (TPSA) is 38.2 Å². The molecule has 2 aromatic carbocycles. The minimum atomic E-state index is 0.285. The second-order valence-corrected chi connectivity index (χ2v) is 8.23. The highest BCUT2D eigenvalue weighted by molar-refractivity contribution is 7.17. The Bertz CT molecular complexity index is 1140. The monoisotopic (exact) mass is 387 g/mol. The molecule has 2 aromatic heterocycles. The molecule has 3 heterocycles. The van der Waals surface area contributed by atoms with Crippen LogP contribution in [-0.4, -0.2) is 35.6 Å². The van der Waals surface area contributed by atoms with Crippen LogP contribution in [0.4, 0.5) is 0 Å². The lowest BCUT2D eigenvalue weighted by Gasteiger charge is -2.33. The number of thiophene rings is 1. The number of benzene rings is 2. The number of ether oxygens (including phenoxy) is 1. The van der Waals surface area contributed by atoms with Crippen LogP contribution in [0.25, 0.3) is 21.3 Å². The summed E-state index contributed by atoms with van der Waals surface area (Å²) in [5, 5.41) is 3.34. The van der Waals surface area contributed by atoms with E-state index in [1.807, 2.05) is 6.07 Å². The third-order valence-electron chi connectivity index (χ3n) is 5.53. The highest BCUT2D eigenvalue weighted by Crippen LogP contribution is 2.42. The quantitative estimate of drug-likeness (QED) is 0.499. The van der Waals surface area contributed by atoms with E-state index in [2.05, 4.69) is 63.7 Å². The highest BCUT2D eigenvalue weighted by Gasteiger charge is 2.28. The molecule has 5 rings (SSSR count). The van der Waals surface area contributed by atoms with Gasteiger partial charge in [0.25, 0.3) is 0 Å². The van der Waals surface area contributed by atoms with Crippen LogP contribution < -0.4 is 4.74 Å². The van der Waals surface area contributed by atoms with Crippen molar-refractivity contribution >= 4 is 21.4 Å². The Kier molecular flexibility index (Phi) is 4.34. The van der Waals surface area contributed by atoms with E-state index in [1.165, 1.54) is 26.8 Å². The molecule has 0 amide bonds. The van der Waals surface area contributed by atoms with Crippen molar-refractivity contribution in [3.05, 3.63) is 77.1 Å². The van der Waals surface area contributed by atoms with Crippen molar-refractivity contribution in [2.75, 3.05) is 20.7 Å². The van der Waals surface area contributed by atoms with Crippen LogP contribution in [0.1, 0.15) is 22.6 Å². The summed E-state index contributed by atoms with van der Waals surface area (Å²) in [4.78, 5) is 10.8. The summed E-state index contributed by atoms with van der Waals surface area (Å²) in [5.41, 5.74) is 6.08. The van der Waals surface area contributed by atoms with Crippen molar-refractivity contribution in [1.29, 1.82) is 0 Å². The normalized spacial score (nSPS) is 16.9. The fraction of sp³-hybridized carbons (Fsp3) is 0.217. The van der Waals surface area contributed by atoms with Gasteiger partial charge < -0.3 is 9.64 Å². The van der Waals surface area contributed by atoms with E-state index in [1.54, 1.807) is 31.0 Å². The average molecular weight is 388 g/mol. The van der Waals surface area contributed by atoms with Gasteiger partial charge in [-0.15, -0.1) is 11.3 Å². The van der Waals surface area contributed by atoms with E-state index in [9.17, 15) is 0 Å². The summed E-state index contributed by atoms with van der Waals surface area (Å²) in [6.07, 6.45) is 3.39. The summed E-state index contributed by atoms with van der Waals surface area (Å²) in [7, 11) is 3.96. The van der Waals surface area contributed by atoms with Gasteiger partial charge in [0.1, 0.15) is 12.1 Å². The number of hydrogen-bond acceptors (Lipinski definition) is 5. The molecule has 1 aliphatic heterocycles. The Morgan fingerprint density at radius 3 is 2.82 bits per heavy atom. The Balaban J connectivity index is 1.64. The van der Waals surface area contributed by atoms with E-state index in [-0.39, 0.29) is 5.92 Å². The van der Waals surface area contributed by atoms with Crippen molar-refractivity contribution in [1.82, 2.24) is 14.9 Å². The zero-order valence-corrected chi connectivity index (χ0v) is 16.7. The van der Waals surface area contributed by atoms with Gasteiger partial charge in [0, 0.05) is 46.4 Å². The van der Waals surface area contributed by atoms with E-state index >= 15 is 0 Å². The van der Waals surface area contributed by atoms with Gasteiger partial charge >= 0.3 is 0 Å². The van der Waals surface area contributed by atoms with Gasteiger partial charge in [-0.05, 0) is 47.8 Å². The van der Waals surface area contributed by atoms with Crippen molar-refractivity contribution < 1.29 is 4.74 Å². The molecule has 4 aromatic rings. The number of aromatic nitrogens is 2. The number of fused-ring (bicyclic) bond motifs is 2. The third-order valence-corrected chi connectivity index (χ3v) is 6.41. The molecule has 0 saturated heterocycles. The van der Waals surface area contributed by atoms with Crippen molar-refractivity contribution in [3.8, 4) is 17.0 Å². The number of likely N-dealkylation sites (N-methyl/N-ethyl adjacent to an activating group) is 1. The standard InChI is InChI=1S/C23H21N3OS/c1-26-12-16-11-15(21-7-9-24-14-25-21)3-4-17(16)20(13-26)18-5-6-22-19(8-10-28-22)23(18)27-2/h3-11,14,20H,12-13H2,1-2H3. The summed E-state index contributed by atoms with van der Waals surface area (Å²) in [5.74, 6) is 1.29. The minimum Gasteiger partial charge on any atom is -0.496 e. The maximum absolute atomic E-state index is 5.88. The van der Waals surface area contributed by atoms with E-state index in [4.69, 9.17) is 4.74 Å². The molecule has 1 unspecified atom stereocenters. The van der Waals surface area contributed by atoms with Gasteiger partial charge in [0.05, 0.1) is 12.8 Å². The molecule has 140 valence electrons.